The molecule has 1 aliphatic rings. The van der Waals surface area contributed by atoms with Crippen LogP contribution in [0, 0.1) is 0 Å². The van der Waals surface area contributed by atoms with Crippen molar-refractivity contribution in [2.24, 2.45) is 0 Å². The number of para-hydroxylation sites is 1. The lowest BCUT2D eigenvalue weighted by Crippen LogP contribution is -3.17. The maximum Gasteiger partial charge on any atom is 0.365 e. The number of carbonyl (C=O) groups excluding carboxylic acids is 2. The van der Waals surface area contributed by atoms with Crippen molar-refractivity contribution in [2.45, 2.75) is 19.0 Å². The van der Waals surface area contributed by atoms with Gasteiger partial charge in [-0.25, -0.2) is 4.79 Å². The summed E-state index contributed by atoms with van der Waals surface area (Å²) in [7, 11) is 1.39. The molecule has 0 aromatic heterocycles. The second-order valence-corrected chi connectivity index (χ2v) is 6.94. The van der Waals surface area contributed by atoms with Gasteiger partial charge in [0.2, 0.25) is 0 Å². The third-order valence-corrected chi connectivity index (χ3v) is 5.17. The van der Waals surface area contributed by atoms with Crippen molar-refractivity contribution >= 4 is 33.5 Å². The first-order valence-corrected chi connectivity index (χ1v) is 8.91. The highest BCUT2D eigenvalue weighted by atomic mass is 79.9. The van der Waals surface area contributed by atoms with Crippen LogP contribution in [0.2, 0.25) is 0 Å². The lowest BCUT2D eigenvalue weighted by Gasteiger charge is -2.31. The molecule has 2 aromatic rings. The molecule has 25 heavy (non-hydrogen) atoms. The number of anilines is 1. The fraction of sp³-hybridized carbons (Fsp3) is 0.263. The molecule has 0 bridgehead atoms. The Morgan fingerprint density at radius 3 is 2.56 bits per heavy atom. The zero-order valence-corrected chi connectivity index (χ0v) is 15.5. The zero-order valence-electron chi connectivity index (χ0n) is 13.9. The first-order chi connectivity index (χ1) is 12.1. The van der Waals surface area contributed by atoms with E-state index in [9.17, 15) is 9.59 Å². The van der Waals surface area contributed by atoms with Gasteiger partial charge in [-0.1, -0.05) is 36.4 Å². The standard InChI is InChI=1S/C19H19BrN2O3/c1-25-19(24)17-10-13-6-2-3-7-14(13)11-22(17)12-18(23)21-16-9-5-4-8-15(16)20/h2-9,17H,10-12H2,1H3,(H,21,23)/p+1/t17-/m1/s1. The molecule has 0 radical (unpaired) electrons. The summed E-state index contributed by atoms with van der Waals surface area (Å²) < 4.78 is 5.78. The van der Waals surface area contributed by atoms with E-state index < -0.39 is 0 Å². The van der Waals surface area contributed by atoms with E-state index in [1.807, 2.05) is 42.5 Å². The number of halogens is 1. The van der Waals surface area contributed by atoms with E-state index >= 15 is 0 Å². The Hall–Kier alpha value is -2.18. The maximum absolute atomic E-state index is 12.5. The molecule has 0 spiro atoms. The number of methoxy groups -OCH3 is 1. The van der Waals surface area contributed by atoms with Crippen molar-refractivity contribution in [3.05, 3.63) is 64.1 Å². The number of carbonyl (C=O) groups is 2. The van der Waals surface area contributed by atoms with E-state index in [0.717, 1.165) is 20.6 Å². The average molecular weight is 404 g/mol. The Kier molecular flexibility index (Phi) is 5.50. The summed E-state index contributed by atoms with van der Waals surface area (Å²) in [5.74, 6) is -0.409. The molecule has 2 N–H and O–H groups in total. The van der Waals surface area contributed by atoms with Gasteiger partial charge in [0.05, 0.1) is 12.8 Å². The van der Waals surface area contributed by atoms with Gasteiger partial charge in [0.15, 0.2) is 12.6 Å². The van der Waals surface area contributed by atoms with Gasteiger partial charge in [0.25, 0.3) is 5.91 Å². The van der Waals surface area contributed by atoms with Gasteiger partial charge in [0.1, 0.15) is 6.54 Å². The second-order valence-electron chi connectivity index (χ2n) is 6.09. The summed E-state index contributed by atoms with van der Waals surface area (Å²) in [6.45, 7) is 0.828. The number of hydrogen-bond acceptors (Lipinski definition) is 3. The monoisotopic (exact) mass is 403 g/mol. The van der Waals surface area contributed by atoms with Crippen LogP contribution in [0.1, 0.15) is 11.1 Å². The van der Waals surface area contributed by atoms with Crippen LogP contribution in [0.25, 0.3) is 0 Å². The Bertz CT molecular complexity index is 794. The van der Waals surface area contributed by atoms with E-state index in [-0.39, 0.29) is 24.5 Å². The zero-order chi connectivity index (χ0) is 17.8. The van der Waals surface area contributed by atoms with Gasteiger partial charge < -0.3 is 15.0 Å². The number of benzene rings is 2. The smallest absolute Gasteiger partial charge is 0.365 e. The largest absolute Gasteiger partial charge is 0.465 e. The quantitative estimate of drug-likeness (QED) is 0.761. The number of esters is 1. The summed E-state index contributed by atoms with van der Waals surface area (Å²) in [5, 5.41) is 2.90. The third kappa shape index (κ3) is 4.08. The molecule has 3 rings (SSSR count). The lowest BCUT2D eigenvalue weighted by molar-refractivity contribution is -0.924. The lowest BCUT2D eigenvalue weighted by atomic mass is 9.94. The number of ether oxygens (including phenoxy) is 1. The molecule has 0 saturated carbocycles. The molecule has 2 aromatic carbocycles. The van der Waals surface area contributed by atoms with Crippen LogP contribution in [0.4, 0.5) is 5.69 Å². The van der Waals surface area contributed by atoms with Crippen LogP contribution in [0.5, 0.6) is 0 Å². The van der Waals surface area contributed by atoms with Crippen LogP contribution in [0.15, 0.2) is 53.0 Å². The van der Waals surface area contributed by atoms with Gasteiger partial charge in [-0.15, -0.1) is 0 Å². The third-order valence-electron chi connectivity index (χ3n) is 4.47. The van der Waals surface area contributed by atoms with E-state index in [4.69, 9.17) is 4.74 Å². The molecular formula is C19H20BrN2O3+. The van der Waals surface area contributed by atoms with Crippen LogP contribution in [0.3, 0.4) is 0 Å². The summed E-state index contributed by atoms with van der Waals surface area (Å²) in [6.07, 6.45) is 0.584. The SMILES string of the molecule is COC(=O)[C@H]1Cc2ccccc2C[NH+]1CC(=O)Nc1ccccc1Br. The van der Waals surface area contributed by atoms with Crippen molar-refractivity contribution in [1.29, 1.82) is 0 Å². The predicted octanol–water partition coefficient (Wildman–Crippen LogP) is 1.57. The minimum atomic E-state index is -0.370. The molecule has 1 amide bonds. The van der Waals surface area contributed by atoms with Gasteiger partial charge in [-0.2, -0.15) is 0 Å². The number of quaternary nitrogens is 1. The van der Waals surface area contributed by atoms with Gasteiger partial charge in [0, 0.05) is 16.5 Å². The molecular weight excluding hydrogens is 384 g/mol. The molecule has 5 nitrogen and oxygen atoms in total. The first-order valence-electron chi connectivity index (χ1n) is 8.12. The molecule has 130 valence electrons. The fourth-order valence-electron chi connectivity index (χ4n) is 3.20. The number of fused-ring (bicyclic) bond motifs is 1. The number of amides is 1. The van der Waals surface area contributed by atoms with Crippen LogP contribution in [-0.2, 0) is 27.3 Å². The van der Waals surface area contributed by atoms with Crippen LogP contribution in [-0.4, -0.2) is 31.6 Å². The van der Waals surface area contributed by atoms with Crippen LogP contribution < -0.4 is 10.2 Å². The molecule has 1 heterocycles. The summed E-state index contributed by atoms with van der Waals surface area (Å²) >= 11 is 3.42. The molecule has 0 fully saturated rings. The number of rotatable bonds is 4. The molecule has 2 atom stereocenters. The Morgan fingerprint density at radius 2 is 1.84 bits per heavy atom. The highest BCUT2D eigenvalue weighted by Crippen LogP contribution is 2.21. The van der Waals surface area contributed by atoms with E-state index in [1.54, 1.807) is 0 Å². The number of hydrogen-bond donors (Lipinski definition) is 2. The van der Waals surface area contributed by atoms with Crippen molar-refractivity contribution in [2.75, 3.05) is 19.0 Å². The van der Waals surface area contributed by atoms with E-state index in [2.05, 4.69) is 27.3 Å². The molecule has 0 saturated heterocycles. The fourth-order valence-corrected chi connectivity index (χ4v) is 3.59. The topological polar surface area (TPSA) is 59.8 Å². The first kappa shape index (κ1) is 17.6. The normalized spacial score (nSPS) is 19.0. The maximum atomic E-state index is 12.5. The minimum Gasteiger partial charge on any atom is -0.465 e. The molecule has 0 aliphatic carbocycles. The van der Waals surface area contributed by atoms with Gasteiger partial charge >= 0.3 is 5.97 Å². The van der Waals surface area contributed by atoms with Crippen molar-refractivity contribution < 1.29 is 19.2 Å². The molecule has 6 heteroatoms. The highest BCUT2D eigenvalue weighted by Gasteiger charge is 2.37. The molecule has 1 aliphatic heterocycles. The van der Waals surface area contributed by atoms with E-state index in [1.165, 1.54) is 12.7 Å². The minimum absolute atomic E-state index is 0.129. The number of nitrogens with one attached hydrogen (secondary N) is 2. The average Bonchev–Trinajstić information content (AvgIpc) is 2.62. The highest BCUT2D eigenvalue weighted by molar-refractivity contribution is 9.10. The Labute approximate surface area is 155 Å². The van der Waals surface area contributed by atoms with Crippen molar-refractivity contribution in [3.8, 4) is 0 Å². The summed E-state index contributed by atoms with van der Waals surface area (Å²) in [4.78, 5) is 25.6. The molecule has 1 unspecified atom stereocenters. The van der Waals surface area contributed by atoms with Gasteiger partial charge in [-0.3, -0.25) is 4.79 Å². The van der Waals surface area contributed by atoms with E-state index in [0.29, 0.717) is 13.0 Å². The van der Waals surface area contributed by atoms with Crippen molar-refractivity contribution in [1.82, 2.24) is 0 Å². The van der Waals surface area contributed by atoms with Crippen LogP contribution >= 0.6 is 15.9 Å². The van der Waals surface area contributed by atoms with Crippen molar-refractivity contribution in [3.63, 3.8) is 0 Å². The van der Waals surface area contributed by atoms with Gasteiger partial charge in [-0.05, 0) is 33.6 Å². The summed E-state index contributed by atoms with van der Waals surface area (Å²) in [6, 6.07) is 15.1. The summed E-state index contributed by atoms with van der Waals surface area (Å²) in [5.41, 5.74) is 3.04. The Balaban J connectivity index is 1.75. The Morgan fingerprint density at radius 1 is 1.16 bits per heavy atom. The second kappa shape index (κ2) is 7.80. The predicted molar refractivity (Wildman–Crippen MR) is 98.3 cm³/mol.